The lowest BCUT2D eigenvalue weighted by atomic mass is 10.2. The van der Waals surface area contributed by atoms with Crippen LogP contribution in [0.3, 0.4) is 0 Å². The predicted octanol–water partition coefficient (Wildman–Crippen LogP) is 2.88. The second-order valence-electron chi connectivity index (χ2n) is 3.99. The van der Waals surface area contributed by atoms with Crippen LogP contribution in [0.1, 0.15) is 18.4 Å². The minimum Gasteiger partial charge on any atom is -0.491 e. The lowest BCUT2D eigenvalue weighted by molar-refractivity contribution is -0.138. The lowest BCUT2D eigenvalue weighted by Crippen LogP contribution is -2.12. The zero-order valence-electron chi connectivity index (χ0n) is 10.6. The summed E-state index contributed by atoms with van der Waals surface area (Å²) in [5.74, 6) is 0.684. The second kappa shape index (κ2) is 8.01. The molecule has 0 aliphatic carbocycles. The van der Waals surface area contributed by atoms with Gasteiger partial charge in [-0.05, 0) is 12.5 Å². The highest BCUT2D eigenvalue weighted by molar-refractivity contribution is 5.32. The molecule has 1 aromatic rings. The maximum Gasteiger partial charge on any atom is 0.389 e. The molecule has 0 aliphatic heterocycles. The van der Waals surface area contributed by atoms with Gasteiger partial charge < -0.3 is 15.2 Å². The van der Waals surface area contributed by atoms with E-state index in [-0.39, 0.29) is 19.6 Å². The standard InChI is InChI=1S/C13H18F3NO2/c14-13(15,16)6-3-7-18-8-9-19-12-5-2-1-4-11(12)10-17/h1-2,4-5H,3,6-10,17H2. The van der Waals surface area contributed by atoms with E-state index in [1.165, 1.54) is 0 Å². The summed E-state index contributed by atoms with van der Waals surface area (Å²) < 4.78 is 46.0. The van der Waals surface area contributed by atoms with Gasteiger partial charge in [-0.15, -0.1) is 0 Å². The maximum atomic E-state index is 11.8. The van der Waals surface area contributed by atoms with Gasteiger partial charge in [0, 0.05) is 25.1 Å². The quantitative estimate of drug-likeness (QED) is 0.743. The summed E-state index contributed by atoms with van der Waals surface area (Å²) in [6.07, 6.45) is -4.95. The summed E-state index contributed by atoms with van der Waals surface area (Å²) in [4.78, 5) is 0. The highest BCUT2D eigenvalue weighted by atomic mass is 19.4. The number of nitrogens with two attached hydrogens (primary N) is 1. The van der Waals surface area contributed by atoms with Gasteiger partial charge in [0.25, 0.3) is 0 Å². The Hall–Kier alpha value is -1.27. The molecule has 0 spiro atoms. The van der Waals surface area contributed by atoms with Crippen LogP contribution in [0.4, 0.5) is 13.2 Å². The van der Waals surface area contributed by atoms with Gasteiger partial charge in [-0.1, -0.05) is 18.2 Å². The Morgan fingerprint density at radius 3 is 2.47 bits per heavy atom. The first-order chi connectivity index (χ1) is 9.03. The number of hydrogen-bond donors (Lipinski definition) is 1. The predicted molar refractivity (Wildman–Crippen MR) is 65.9 cm³/mol. The molecular weight excluding hydrogens is 259 g/mol. The van der Waals surface area contributed by atoms with E-state index >= 15 is 0 Å². The Labute approximate surface area is 110 Å². The summed E-state index contributed by atoms with van der Waals surface area (Å²) in [5.41, 5.74) is 6.43. The van der Waals surface area contributed by atoms with E-state index in [1.54, 1.807) is 6.07 Å². The van der Waals surface area contributed by atoms with Gasteiger partial charge in [0.15, 0.2) is 0 Å². The first-order valence-corrected chi connectivity index (χ1v) is 6.08. The summed E-state index contributed by atoms with van der Waals surface area (Å²) >= 11 is 0. The number of rotatable bonds is 8. The molecule has 0 amide bonds. The molecule has 0 radical (unpaired) electrons. The largest absolute Gasteiger partial charge is 0.491 e. The number of halogens is 3. The van der Waals surface area contributed by atoms with Crippen molar-refractivity contribution in [3.8, 4) is 5.75 Å². The molecule has 108 valence electrons. The summed E-state index contributed by atoms with van der Waals surface area (Å²) in [5, 5.41) is 0. The topological polar surface area (TPSA) is 44.5 Å². The molecule has 0 aromatic heterocycles. The van der Waals surface area contributed by atoms with E-state index < -0.39 is 12.6 Å². The molecule has 0 aliphatic rings. The first kappa shape index (κ1) is 15.8. The van der Waals surface area contributed by atoms with Crippen molar-refractivity contribution in [1.82, 2.24) is 0 Å². The Kier molecular flexibility index (Phi) is 6.66. The number of ether oxygens (including phenoxy) is 2. The molecular formula is C13H18F3NO2. The summed E-state index contributed by atoms with van der Waals surface area (Å²) in [6, 6.07) is 7.35. The number of para-hydroxylation sites is 1. The van der Waals surface area contributed by atoms with Crippen LogP contribution in [0.15, 0.2) is 24.3 Å². The smallest absolute Gasteiger partial charge is 0.389 e. The van der Waals surface area contributed by atoms with Gasteiger partial charge in [0.1, 0.15) is 12.4 Å². The molecule has 0 heterocycles. The van der Waals surface area contributed by atoms with Crippen LogP contribution in [0.25, 0.3) is 0 Å². The van der Waals surface area contributed by atoms with Crippen LogP contribution in [-0.2, 0) is 11.3 Å². The van der Waals surface area contributed by atoms with Crippen molar-refractivity contribution >= 4 is 0 Å². The second-order valence-corrected chi connectivity index (χ2v) is 3.99. The molecule has 0 saturated carbocycles. The van der Waals surface area contributed by atoms with E-state index in [0.717, 1.165) is 5.56 Å². The zero-order chi connectivity index (χ0) is 14.1. The van der Waals surface area contributed by atoms with Crippen LogP contribution in [0.2, 0.25) is 0 Å². The minimum atomic E-state index is -4.11. The van der Waals surface area contributed by atoms with Crippen LogP contribution >= 0.6 is 0 Å². The lowest BCUT2D eigenvalue weighted by Gasteiger charge is -2.10. The Balaban J connectivity index is 2.11. The molecule has 1 aromatic carbocycles. The van der Waals surface area contributed by atoms with Crippen molar-refractivity contribution in [3.05, 3.63) is 29.8 Å². The minimum absolute atomic E-state index is 0.0249. The fraction of sp³-hybridized carbons (Fsp3) is 0.538. The average Bonchev–Trinajstić information content (AvgIpc) is 2.37. The van der Waals surface area contributed by atoms with E-state index in [9.17, 15) is 13.2 Å². The van der Waals surface area contributed by atoms with Crippen molar-refractivity contribution in [3.63, 3.8) is 0 Å². The number of hydrogen-bond acceptors (Lipinski definition) is 3. The summed E-state index contributed by atoms with van der Waals surface area (Å²) in [6.45, 7) is 1.02. The molecule has 19 heavy (non-hydrogen) atoms. The fourth-order valence-corrected chi connectivity index (χ4v) is 1.50. The summed E-state index contributed by atoms with van der Waals surface area (Å²) in [7, 11) is 0. The van der Waals surface area contributed by atoms with Crippen molar-refractivity contribution in [2.45, 2.75) is 25.6 Å². The molecule has 1 rings (SSSR count). The molecule has 2 N–H and O–H groups in total. The van der Waals surface area contributed by atoms with E-state index in [2.05, 4.69) is 0 Å². The maximum absolute atomic E-state index is 11.8. The molecule has 0 atom stereocenters. The highest BCUT2D eigenvalue weighted by Gasteiger charge is 2.25. The monoisotopic (exact) mass is 277 g/mol. The third-order valence-electron chi connectivity index (χ3n) is 2.43. The Bertz CT molecular complexity index is 369. The Morgan fingerprint density at radius 2 is 1.79 bits per heavy atom. The molecule has 3 nitrogen and oxygen atoms in total. The SMILES string of the molecule is NCc1ccccc1OCCOCCCC(F)(F)F. The normalized spacial score (nSPS) is 11.6. The molecule has 0 saturated heterocycles. The molecule has 0 unspecified atom stereocenters. The average molecular weight is 277 g/mol. The van der Waals surface area contributed by atoms with E-state index in [4.69, 9.17) is 15.2 Å². The van der Waals surface area contributed by atoms with Gasteiger partial charge >= 0.3 is 6.18 Å². The van der Waals surface area contributed by atoms with E-state index in [0.29, 0.717) is 18.9 Å². The zero-order valence-corrected chi connectivity index (χ0v) is 10.6. The Morgan fingerprint density at radius 1 is 1.05 bits per heavy atom. The molecule has 0 bridgehead atoms. The highest BCUT2D eigenvalue weighted by Crippen LogP contribution is 2.21. The van der Waals surface area contributed by atoms with Crippen molar-refractivity contribution in [2.24, 2.45) is 5.73 Å². The van der Waals surface area contributed by atoms with Crippen molar-refractivity contribution < 1.29 is 22.6 Å². The number of benzene rings is 1. The van der Waals surface area contributed by atoms with Crippen molar-refractivity contribution in [1.29, 1.82) is 0 Å². The van der Waals surface area contributed by atoms with Crippen LogP contribution < -0.4 is 10.5 Å². The first-order valence-electron chi connectivity index (χ1n) is 6.08. The third kappa shape index (κ3) is 7.03. The van der Waals surface area contributed by atoms with Crippen LogP contribution in [0, 0.1) is 0 Å². The number of alkyl halides is 3. The molecule has 0 fully saturated rings. The third-order valence-corrected chi connectivity index (χ3v) is 2.43. The molecule has 6 heteroatoms. The van der Waals surface area contributed by atoms with E-state index in [1.807, 2.05) is 18.2 Å². The van der Waals surface area contributed by atoms with Crippen LogP contribution in [0.5, 0.6) is 5.75 Å². The van der Waals surface area contributed by atoms with Gasteiger partial charge in [-0.2, -0.15) is 13.2 Å². The van der Waals surface area contributed by atoms with Crippen molar-refractivity contribution in [2.75, 3.05) is 19.8 Å². The van der Waals surface area contributed by atoms with Gasteiger partial charge in [0.05, 0.1) is 6.61 Å². The van der Waals surface area contributed by atoms with Gasteiger partial charge in [-0.25, -0.2) is 0 Å². The van der Waals surface area contributed by atoms with Gasteiger partial charge in [-0.3, -0.25) is 0 Å². The van der Waals surface area contributed by atoms with Crippen LogP contribution in [-0.4, -0.2) is 26.0 Å². The fourth-order valence-electron chi connectivity index (χ4n) is 1.50. The van der Waals surface area contributed by atoms with Gasteiger partial charge in [0.2, 0.25) is 0 Å².